The van der Waals surface area contributed by atoms with E-state index in [2.05, 4.69) is 46.3 Å². The molecule has 0 N–H and O–H groups in total. The van der Waals surface area contributed by atoms with Crippen LogP contribution in [0.5, 0.6) is 5.88 Å². The number of esters is 1. The predicted molar refractivity (Wildman–Crippen MR) is 131 cm³/mol. The lowest BCUT2D eigenvalue weighted by Crippen LogP contribution is -2.34. The zero-order valence-corrected chi connectivity index (χ0v) is 20.0. The van der Waals surface area contributed by atoms with Crippen LogP contribution >= 0.6 is 0 Å². The minimum absolute atomic E-state index is 0.179. The van der Waals surface area contributed by atoms with Gasteiger partial charge in [0.1, 0.15) is 5.60 Å². The zero-order chi connectivity index (χ0) is 23.7. The second kappa shape index (κ2) is 11.6. The van der Waals surface area contributed by atoms with E-state index in [9.17, 15) is 4.79 Å². The molecule has 0 amide bonds. The molecule has 3 rings (SSSR count). The molecule has 5 nitrogen and oxygen atoms in total. The molecule has 5 heteroatoms. The van der Waals surface area contributed by atoms with Crippen LogP contribution < -0.4 is 4.74 Å². The Kier molecular flexibility index (Phi) is 8.61. The fraction of sp³-hybridized carbons (Fsp3) is 0.357. The first-order valence-corrected chi connectivity index (χ1v) is 11.4. The first-order chi connectivity index (χ1) is 15.8. The maximum absolute atomic E-state index is 12.9. The molecule has 33 heavy (non-hydrogen) atoms. The number of benzene rings is 2. The number of carbonyl (C=O) groups is 1. The third-order valence-electron chi connectivity index (χ3n) is 5.33. The van der Waals surface area contributed by atoms with Gasteiger partial charge in [0.15, 0.2) is 0 Å². The molecule has 0 aliphatic carbocycles. The van der Waals surface area contributed by atoms with Crippen LogP contribution in [0.2, 0.25) is 0 Å². The minimum Gasteiger partial charge on any atom is -0.481 e. The molecule has 0 aliphatic heterocycles. The predicted octanol–water partition coefficient (Wildman–Crippen LogP) is 5.61. The molecule has 1 aromatic heterocycles. The van der Waals surface area contributed by atoms with Crippen LogP contribution in [0.25, 0.3) is 0 Å². The zero-order valence-electron chi connectivity index (χ0n) is 20.0. The van der Waals surface area contributed by atoms with Crippen LogP contribution in [-0.4, -0.2) is 35.1 Å². The average molecular weight is 447 g/mol. The third kappa shape index (κ3) is 8.03. The summed E-state index contributed by atoms with van der Waals surface area (Å²) < 4.78 is 10.9. The molecule has 0 saturated heterocycles. The van der Waals surface area contributed by atoms with E-state index in [0.717, 1.165) is 18.5 Å². The Hall–Kier alpha value is -3.18. The van der Waals surface area contributed by atoms with Crippen LogP contribution in [0.15, 0.2) is 79.0 Å². The summed E-state index contributed by atoms with van der Waals surface area (Å²) in [6, 6.07) is 24.4. The smallest absolute Gasteiger partial charge is 0.308 e. The van der Waals surface area contributed by atoms with Crippen LogP contribution in [0.3, 0.4) is 0 Å². The topological polar surface area (TPSA) is 51.7 Å². The second-order valence-corrected chi connectivity index (χ2v) is 9.13. The Labute approximate surface area is 197 Å². The van der Waals surface area contributed by atoms with Crippen molar-refractivity contribution >= 4 is 5.97 Å². The van der Waals surface area contributed by atoms with E-state index >= 15 is 0 Å². The highest BCUT2D eigenvalue weighted by atomic mass is 16.6. The molecule has 2 aromatic carbocycles. The Balaban J connectivity index is 1.91. The normalized spacial score (nSPS) is 12.4. The second-order valence-electron chi connectivity index (χ2n) is 9.13. The first kappa shape index (κ1) is 24.5. The summed E-state index contributed by atoms with van der Waals surface area (Å²) in [6.45, 7) is 7.19. The van der Waals surface area contributed by atoms with Gasteiger partial charge < -0.3 is 9.47 Å². The fourth-order valence-corrected chi connectivity index (χ4v) is 3.79. The van der Waals surface area contributed by atoms with Gasteiger partial charge in [0, 0.05) is 31.4 Å². The highest BCUT2D eigenvalue weighted by Crippen LogP contribution is 2.28. The highest BCUT2D eigenvalue weighted by Gasteiger charge is 2.27. The van der Waals surface area contributed by atoms with Crippen LogP contribution in [0, 0.1) is 0 Å². The molecule has 0 bridgehead atoms. The molecule has 1 atom stereocenters. The lowest BCUT2D eigenvalue weighted by Gasteiger charge is -2.32. The maximum Gasteiger partial charge on any atom is 0.308 e. The number of aromatic nitrogens is 1. The summed E-state index contributed by atoms with van der Waals surface area (Å²) in [5.74, 6) is 0.328. The Morgan fingerprint density at radius 3 is 2.12 bits per heavy atom. The van der Waals surface area contributed by atoms with E-state index in [-0.39, 0.29) is 18.4 Å². The molecule has 0 radical (unpaired) electrons. The molecular formula is C28H34N2O3. The van der Waals surface area contributed by atoms with Crippen LogP contribution in [0.1, 0.15) is 49.9 Å². The quantitative estimate of drug-likeness (QED) is 0.379. The monoisotopic (exact) mass is 446 g/mol. The minimum atomic E-state index is -0.534. The number of hydrogen-bond acceptors (Lipinski definition) is 5. The van der Waals surface area contributed by atoms with Gasteiger partial charge in [-0.25, -0.2) is 4.98 Å². The Morgan fingerprint density at radius 2 is 1.58 bits per heavy atom. The number of carbonyl (C=O) groups excluding carboxylic acids is 1. The number of ether oxygens (including phenoxy) is 2. The third-order valence-corrected chi connectivity index (χ3v) is 5.33. The van der Waals surface area contributed by atoms with Gasteiger partial charge in [-0.2, -0.15) is 0 Å². The molecular weight excluding hydrogens is 412 g/mol. The molecule has 0 unspecified atom stereocenters. The van der Waals surface area contributed by atoms with Crippen molar-refractivity contribution in [1.82, 2.24) is 9.88 Å². The van der Waals surface area contributed by atoms with E-state index in [0.29, 0.717) is 12.4 Å². The van der Waals surface area contributed by atoms with Gasteiger partial charge in [-0.05, 0) is 43.9 Å². The molecule has 3 aromatic rings. The van der Waals surface area contributed by atoms with E-state index in [1.54, 1.807) is 13.3 Å². The molecule has 0 aliphatic rings. The lowest BCUT2D eigenvalue weighted by molar-refractivity contribution is -0.156. The maximum atomic E-state index is 12.9. The molecule has 174 valence electrons. The SMILES string of the molecule is COc1ccc([C@H](CC(=O)OC(C)(C)C)N(CCc2ccccc2)Cc2ccccc2)cn1. The van der Waals surface area contributed by atoms with Crippen molar-refractivity contribution in [3.05, 3.63) is 95.7 Å². The number of methoxy groups -OCH3 is 1. The first-order valence-electron chi connectivity index (χ1n) is 11.4. The summed E-state index contributed by atoms with van der Waals surface area (Å²) in [4.78, 5) is 19.7. The van der Waals surface area contributed by atoms with Crippen molar-refractivity contribution < 1.29 is 14.3 Å². The van der Waals surface area contributed by atoms with Gasteiger partial charge in [0.2, 0.25) is 5.88 Å². The van der Waals surface area contributed by atoms with Crippen molar-refractivity contribution in [2.45, 2.75) is 51.8 Å². The number of pyridine rings is 1. The number of rotatable bonds is 10. The number of nitrogens with zero attached hydrogens (tertiary/aromatic N) is 2. The van der Waals surface area contributed by atoms with Gasteiger partial charge in [0.25, 0.3) is 0 Å². The van der Waals surface area contributed by atoms with Gasteiger partial charge in [-0.3, -0.25) is 9.69 Å². The number of hydrogen-bond donors (Lipinski definition) is 0. The molecule has 0 saturated carbocycles. The van der Waals surface area contributed by atoms with E-state index in [4.69, 9.17) is 9.47 Å². The summed E-state index contributed by atoms with van der Waals surface area (Å²) in [5.41, 5.74) is 2.89. The lowest BCUT2D eigenvalue weighted by atomic mass is 10.0. The van der Waals surface area contributed by atoms with Gasteiger partial charge in [0.05, 0.1) is 13.5 Å². The summed E-state index contributed by atoms with van der Waals surface area (Å²) in [5, 5.41) is 0. The van der Waals surface area contributed by atoms with E-state index in [1.807, 2.05) is 57.2 Å². The standard InChI is InChI=1S/C28H34N2O3/c1-28(2,3)33-27(31)19-25(24-15-16-26(32-4)29-20-24)30(21-23-13-9-6-10-14-23)18-17-22-11-7-5-8-12-22/h5-16,20,25H,17-19,21H2,1-4H3/t25-/m0/s1. The van der Waals surface area contributed by atoms with Crippen LogP contribution in [-0.2, 0) is 22.5 Å². The molecule has 0 fully saturated rings. The van der Waals surface area contributed by atoms with Gasteiger partial charge in [-0.15, -0.1) is 0 Å². The largest absolute Gasteiger partial charge is 0.481 e. The Morgan fingerprint density at radius 1 is 0.939 bits per heavy atom. The van der Waals surface area contributed by atoms with Gasteiger partial charge >= 0.3 is 5.97 Å². The molecule has 0 spiro atoms. The highest BCUT2D eigenvalue weighted by molar-refractivity contribution is 5.71. The van der Waals surface area contributed by atoms with E-state index in [1.165, 1.54) is 11.1 Å². The Bertz CT molecular complexity index is 983. The van der Waals surface area contributed by atoms with Crippen molar-refractivity contribution in [3.63, 3.8) is 0 Å². The van der Waals surface area contributed by atoms with Gasteiger partial charge in [-0.1, -0.05) is 66.7 Å². The van der Waals surface area contributed by atoms with Crippen molar-refractivity contribution in [2.75, 3.05) is 13.7 Å². The van der Waals surface area contributed by atoms with Crippen molar-refractivity contribution in [2.24, 2.45) is 0 Å². The van der Waals surface area contributed by atoms with Crippen LogP contribution in [0.4, 0.5) is 0 Å². The molecule has 1 heterocycles. The fourth-order valence-electron chi connectivity index (χ4n) is 3.79. The summed E-state index contributed by atoms with van der Waals surface area (Å²) in [6.07, 6.45) is 2.92. The van der Waals surface area contributed by atoms with Crippen molar-refractivity contribution in [3.8, 4) is 5.88 Å². The summed E-state index contributed by atoms with van der Waals surface area (Å²) in [7, 11) is 1.60. The summed E-state index contributed by atoms with van der Waals surface area (Å²) >= 11 is 0. The average Bonchev–Trinajstić information content (AvgIpc) is 2.81. The van der Waals surface area contributed by atoms with E-state index < -0.39 is 5.60 Å². The van der Waals surface area contributed by atoms with Crippen molar-refractivity contribution in [1.29, 1.82) is 0 Å².